The standard InChI is InChI=1S/C24H32N2O11/c1-14(27)32-13-19-20(34-15(2)28)21(35-16(3)29)22(36-17(4)30)24(37-19)26(5)33-12-11-25-23(31)18-9-7-6-8-10-18/h6-10,19-22,24H,11-13H2,1-5H3,(H,25,31)/t19-,20-,21+,22-,24-/m1/s1. The quantitative estimate of drug-likeness (QED) is 0.184. The molecule has 0 spiro atoms. The van der Waals surface area contributed by atoms with E-state index in [9.17, 15) is 24.0 Å². The van der Waals surface area contributed by atoms with Crippen LogP contribution in [0, 0.1) is 0 Å². The van der Waals surface area contributed by atoms with Crippen LogP contribution in [0.3, 0.4) is 0 Å². The van der Waals surface area contributed by atoms with Crippen molar-refractivity contribution in [3.05, 3.63) is 35.9 Å². The number of hydrogen-bond acceptors (Lipinski definition) is 12. The molecule has 1 aliphatic rings. The van der Waals surface area contributed by atoms with Gasteiger partial charge in [-0.1, -0.05) is 18.2 Å². The fraction of sp³-hybridized carbons (Fsp3) is 0.542. The molecule has 1 saturated heterocycles. The Balaban J connectivity index is 2.19. The van der Waals surface area contributed by atoms with E-state index in [-0.39, 0.29) is 25.7 Å². The van der Waals surface area contributed by atoms with E-state index in [4.69, 9.17) is 28.5 Å². The van der Waals surface area contributed by atoms with Crippen LogP contribution in [0.5, 0.6) is 0 Å². The Bertz CT molecular complexity index is 955. The van der Waals surface area contributed by atoms with E-state index < -0.39 is 54.5 Å². The minimum absolute atomic E-state index is 0.00193. The topological polar surface area (TPSA) is 156 Å². The fourth-order valence-electron chi connectivity index (χ4n) is 3.62. The van der Waals surface area contributed by atoms with Crippen LogP contribution in [0.1, 0.15) is 38.1 Å². The Morgan fingerprint density at radius 3 is 1.97 bits per heavy atom. The molecule has 1 N–H and O–H groups in total. The van der Waals surface area contributed by atoms with Crippen molar-refractivity contribution in [1.82, 2.24) is 10.4 Å². The van der Waals surface area contributed by atoms with Gasteiger partial charge in [0.05, 0.1) is 6.61 Å². The van der Waals surface area contributed by atoms with E-state index in [1.807, 2.05) is 0 Å². The molecule has 1 aromatic rings. The Morgan fingerprint density at radius 2 is 1.41 bits per heavy atom. The highest BCUT2D eigenvalue weighted by Gasteiger charge is 2.53. The second-order valence-corrected chi connectivity index (χ2v) is 8.09. The van der Waals surface area contributed by atoms with E-state index in [0.717, 1.165) is 20.8 Å². The van der Waals surface area contributed by atoms with E-state index >= 15 is 0 Å². The van der Waals surface area contributed by atoms with Crippen LogP contribution < -0.4 is 5.32 Å². The maximum Gasteiger partial charge on any atom is 0.303 e. The van der Waals surface area contributed by atoms with Crippen molar-refractivity contribution in [3.63, 3.8) is 0 Å². The highest BCUT2D eigenvalue weighted by Crippen LogP contribution is 2.30. The lowest BCUT2D eigenvalue weighted by molar-refractivity contribution is -0.329. The summed E-state index contributed by atoms with van der Waals surface area (Å²) < 4.78 is 27.1. The fourth-order valence-corrected chi connectivity index (χ4v) is 3.62. The van der Waals surface area contributed by atoms with Gasteiger partial charge in [-0.3, -0.25) is 28.8 Å². The maximum atomic E-state index is 12.2. The molecule has 0 radical (unpaired) electrons. The lowest BCUT2D eigenvalue weighted by atomic mass is 9.97. The molecule has 1 aliphatic heterocycles. The summed E-state index contributed by atoms with van der Waals surface area (Å²) in [7, 11) is 1.47. The number of carbonyl (C=O) groups excluding carboxylic acids is 5. The Morgan fingerprint density at radius 1 is 0.838 bits per heavy atom. The molecule has 0 saturated carbocycles. The summed E-state index contributed by atoms with van der Waals surface area (Å²) in [4.78, 5) is 64.9. The van der Waals surface area contributed by atoms with E-state index in [1.54, 1.807) is 30.3 Å². The van der Waals surface area contributed by atoms with E-state index in [2.05, 4.69) is 5.32 Å². The first kappa shape index (κ1) is 29.7. The van der Waals surface area contributed by atoms with Gasteiger partial charge in [0.25, 0.3) is 5.91 Å². The van der Waals surface area contributed by atoms with Crippen molar-refractivity contribution in [2.24, 2.45) is 0 Å². The molecule has 13 nitrogen and oxygen atoms in total. The van der Waals surface area contributed by atoms with Gasteiger partial charge in [-0.25, -0.2) is 0 Å². The van der Waals surface area contributed by atoms with Gasteiger partial charge in [-0.2, -0.15) is 5.06 Å². The summed E-state index contributed by atoms with van der Waals surface area (Å²) in [6.07, 6.45) is -6.14. The van der Waals surface area contributed by atoms with Crippen LogP contribution in [0.2, 0.25) is 0 Å². The molecule has 13 heteroatoms. The first-order valence-corrected chi connectivity index (χ1v) is 11.5. The molecule has 204 valence electrons. The molecular formula is C24H32N2O11. The lowest BCUT2D eigenvalue weighted by Gasteiger charge is -2.46. The summed E-state index contributed by atoms with van der Waals surface area (Å²) in [6.45, 7) is 4.38. The third-order valence-electron chi connectivity index (χ3n) is 5.04. The average Bonchev–Trinajstić information content (AvgIpc) is 2.82. The number of rotatable bonds is 11. The largest absolute Gasteiger partial charge is 0.463 e. The Labute approximate surface area is 214 Å². The summed E-state index contributed by atoms with van der Waals surface area (Å²) >= 11 is 0. The predicted molar refractivity (Wildman–Crippen MR) is 124 cm³/mol. The molecule has 1 aromatic carbocycles. The van der Waals surface area contributed by atoms with E-state index in [0.29, 0.717) is 5.56 Å². The zero-order valence-corrected chi connectivity index (χ0v) is 21.3. The van der Waals surface area contributed by atoms with Crippen molar-refractivity contribution >= 4 is 29.8 Å². The molecule has 0 aromatic heterocycles. The van der Waals surface area contributed by atoms with Crippen molar-refractivity contribution in [3.8, 4) is 0 Å². The third-order valence-corrected chi connectivity index (χ3v) is 5.04. The molecule has 1 fully saturated rings. The first-order chi connectivity index (χ1) is 17.5. The zero-order valence-electron chi connectivity index (χ0n) is 21.3. The van der Waals surface area contributed by atoms with Crippen LogP contribution in [0.25, 0.3) is 0 Å². The molecular weight excluding hydrogens is 492 g/mol. The number of esters is 4. The second-order valence-electron chi connectivity index (χ2n) is 8.09. The molecule has 2 rings (SSSR count). The van der Waals surface area contributed by atoms with Crippen LogP contribution in [0.4, 0.5) is 0 Å². The summed E-state index contributed by atoms with van der Waals surface area (Å²) in [5, 5.41) is 3.92. The monoisotopic (exact) mass is 524 g/mol. The number of ether oxygens (including phenoxy) is 5. The highest BCUT2D eigenvalue weighted by atomic mass is 16.7. The highest BCUT2D eigenvalue weighted by molar-refractivity contribution is 5.94. The number of hydroxylamine groups is 2. The van der Waals surface area contributed by atoms with Crippen LogP contribution in [0.15, 0.2) is 30.3 Å². The SMILES string of the molecule is CC(=O)OC[C@H]1O[C@@H](N(C)OCCNC(=O)c2ccccc2)[C@H](OC(C)=O)[C@@H](OC(C)=O)[C@@H]1OC(C)=O. The van der Waals surface area contributed by atoms with E-state index in [1.165, 1.54) is 19.0 Å². The van der Waals surface area contributed by atoms with Crippen LogP contribution >= 0.6 is 0 Å². The number of benzene rings is 1. The summed E-state index contributed by atoms with van der Waals surface area (Å²) in [6, 6.07) is 8.61. The second kappa shape index (κ2) is 14.3. The van der Waals surface area contributed by atoms with Gasteiger partial charge in [0.15, 0.2) is 24.5 Å². The minimum Gasteiger partial charge on any atom is -0.463 e. The number of amides is 1. The van der Waals surface area contributed by atoms with Crippen molar-refractivity contribution in [2.45, 2.75) is 58.3 Å². The molecule has 1 heterocycles. The van der Waals surface area contributed by atoms with Gasteiger partial charge in [0, 0.05) is 46.9 Å². The molecule has 0 unspecified atom stereocenters. The molecule has 0 bridgehead atoms. The van der Waals surface area contributed by atoms with Crippen LogP contribution in [-0.2, 0) is 47.7 Å². The van der Waals surface area contributed by atoms with Gasteiger partial charge < -0.3 is 29.0 Å². The smallest absolute Gasteiger partial charge is 0.303 e. The number of carbonyl (C=O) groups is 5. The molecule has 37 heavy (non-hydrogen) atoms. The molecule has 5 atom stereocenters. The Hall–Kier alpha value is -3.55. The van der Waals surface area contributed by atoms with Gasteiger partial charge in [-0.05, 0) is 12.1 Å². The average molecular weight is 525 g/mol. The van der Waals surface area contributed by atoms with Gasteiger partial charge >= 0.3 is 23.9 Å². The third kappa shape index (κ3) is 9.44. The summed E-state index contributed by atoms with van der Waals surface area (Å²) in [5.41, 5.74) is 0.482. The van der Waals surface area contributed by atoms with Gasteiger partial charge in [-0.15, -0.1) is 0 Å². The zero-order chi connectivity index (χ0) is 27.5. The number of nitrogens with one attached hydrogen (secondary N) is 1. The molecule has 0 aliphatic carbocycles. The van der Waals surface area contributed by atoms with Gasteiger partial charge in [0.1, 0.15) is 12.7 Å². The number of hydrogen-bond donors (Lipinski definition) is 1. The normalized spacial score (nSPS) is 23.0. The van der Waals surface area contributed by atoms with Crippen molar-refractivity contribution < 1.29 is 52.5 Å². The van der Waals surface area contributed by atoms with Crippen LogP contribution in [-0.4, -0.2) is 92.3 Å². The predicted octanol–water partition coefficient (Wildman–Crippen LogP) is 0.363. The van der Waals surface area contributed by atoms with Crippen molar-refractivity contribution in [2.75, 3.05) is 26.8 Å². The van der Waals surface area contributed by atoms with Crippen molar-refractivity contribution in [1.29, 1.82) is 0 Å². The summed E-state index contributed by atoms with van der Waals surface area (Å²) in [5.74, 6) is -3.10. The number of nitrogens with zero attached hydrogens (tertiary/aromatic N) is 1. The maximum absolute atomic E-state index is 12.2. The minimum atomic E-state index is -1.31. The lowest BCUT2D eigenvalue weighted by Crippen LogP contribution is -2.65. The first-order valence-electron chi connectivity index (χ1n) is 11.5. The molecule has 1 amide bonds. The van der Waals surface area contributed by atoms with Gasteiger partial charge in [0.2, 0.25) is 0 Å². The Kier molecular flexibility index (Phi) is 11.4. The number of likely N-dealkylation sites (N-methyl/N-ethyl adjacent to an activating group) is 1.